The zero-order valence-corrected chi connectivity index (χ0v) is 17.5. The maximum atomic E-state index is 13.2. The van der Waals surface area contributed by atoms with Gasteiger partial charge < -0.3 is 4.90 Å². The van der Waals surface area contributed by atoms with Crippen LogP contribution in [0.3, 0.4) is 0 Å². The van der Waals surface area contributed by atoms with Gasteiger partial charge in [0.1, 0.15) is 23.5 Å². The van der Waals surface area contributed by atoms with Crippen molar-refractivity contribution in [3.8, 4) is 17.9 Å². The molecule has 1 heterocycles. The smallest absolute Gasteiger partial charge is 0.220 e. The third-order valence-electron chi connectivity index (χ3n) is 6.33. The predicted octanol–water partition coefficient (Wildman–Crippen LogP) is 3.21. The second kappa shape index (κ2) is 7.84. The van der Waals surface area contributed by atoms with Crippen molar-refractivity contribution in [3.63, 3.8) is 0 Å². The van der Waals surface area contributed by atoms with E-state index in [1.807, 2.05) is 26.0 Å². The molecule has 1 atom stereocenters. The average molecular weight is 390 g/mol. The van der Waals surface area contributed by atoms with Gasteiger partial charge in [-0.2, -0.15) is 5.26 Å². The molecule has 3 rings (SSSR count). The number of ketones is 2. The molecule has 0 radical (unpaired) electrons. The lowest BCUT2D eigenvalue weighted by molar-refractivity contribution is -0.141. The highest BCUT2D eigenvalue weighted by Gasteiger charge is 2.50. The number of carbonyl (C=O) groups is 3. The van der Waals surface area contributed by atoms with Gasteiger partial charge in [-0.1, -0.05) is 5.92 Å². The van der Waals surface area contributed by atoms with Crippen LogP contribution in [0.1, 0.15) is 67.7 Å². The number of aryl methyl sites for hydroxylation is 2. The van der Waals surface area contributed by atoms with Gasteiger partial charge in [-0.25, -0.2) is 0 Å². The summed E-state index contributed by atoms with van der Waals surface area (Å²) in [6.07, 6.45) is 1.53. The van der Waals surface area contributed by atoms with E-state index in [0.717, 1.165) is 22.3 Å². The van der Waals surface area contributed by atoms with Crippen LogP contribution in [0, 0.1) is 42.4 Å². The predicted molar refractivity (Wildman–Crippen MR) is 109 cm³/mol. The monoisotopic (exact) mass is 390 g/mol. The van der Waals surface area contributed by atoms with Crippen molar-refractivity contribution in [2.24, 2.45) is 5.41 Å². The number of rotatable bonds is 1. The van der Waals surface area contributed by atoms with E-state index in [1.54, 1.807) is 11.8 Å². The fourth-order valence-corrected chi connectivity index (χ4v) is 5.10. The summed E-state index contributed by atoms with van der Waals surface area (Å²) in [7, 11) is 0. The van der Waals surface area contributed by atoms with Crippen molar-refractivity contribution in [1.29, 1.82) is 5.26 Å². The van der Waals surface area contributed by atoms with Gasteiger partial charge in [-0.15, -0.1) is 5.92 Å². The number of hydrogen-bond donors (Lipinski definition) is 0. The highest BCUT2D eigenvalue weighted by Crippen LogP contribution is 2.48. The minimum Gasteiger partial charge on any atom is -0.327 e. The molecule has 1 unspecified atom stereocenters. The summed E-state index contributed by atoms with van der Waals surface area (Å²) in [5.41, 5.74) is 2.99. The summed E-state index contributed by atoms with van der Waals surface area (Å²) in [5, 5.41) is 9.50. The zero-order chi connectivity index (χ0) is 21.3. The van der Waals surface area contributed by atoms with Crippen molar-refractivity contribution in [3.05, 3.63) is 34.4 Å². The van der Waals surface area contributed by atoms with Crippen LogP contribution in [0.4, 0.5) is 0 Å². The first-order valence-electron chi connectivity index (χ1n) is 9.97. The Morgan fingerprint density at radius 2 is 1.76 bits per heavy atom. The van der Waals surface area contributed by atoms with E-state index in [9.17, 15) is 19.6 Å². The Morgan fingerprint density at radius 3 is 2.24 bits per heavy atom. The van der Waals surface area contributed by atoms with E-state index in [4.69, 9.17) is 0 Å². The summed E-state index contributed by atoms with van der Waals surface area (Å²) in [5.74, 6) is 4.88. The fourth-order valence-electron chi connectivity index (χ4n) is 5.10. The summed E-state index contributed by atoms with van der Waals surface area (Å²) < 4.78 is 0. The molecule has 1 amide bonds. The molecule has 1 aromatic carbocycles. The topological polar surface area (TPSA) is 78.2 Å². The quantitative estimate of drug-likeness (QED) is 0.545. The van der Waals surface area contributed by atoms with Gasteiger partial charge in [0.05, 0.1) is 6.07 Å². The number of hydrogen-bond acceptors (Lipinski definition) is 4. The van der Waals surface area contributed by atoms with Crippen molar-refractivity contribution in [1.82, 2.24) is 4.90 Å². The van der Waals surface area contributed by atoms with Gasteiger partial charge in [0.2, 0.25) is 5.91 Å². The number of likely N-dealkylation sites (tertiary alicyclic amines) is 1. The van der Waals surface area contributed by atoms with Gasteiger partial charge in [0, 0.05) is 31.9 Å². The van der Waals surface area contributed by atoms with Crippen molar-refractivity contribution in [2.75, 3.05) is 6.54 Å². The van der Waals surface area contributed by atoms with Crippen LogP contribution < -0.4 is 0 Å². The molecule has 1 aromatic rings. The number of nitrogens with zero attached hydrogens (tertiary/aromatic N) is 2. The van der Waals surface area contributed by atoms with E-state index < -0.39 is 17.4 Å². The minimum atomic E-state index is -0.740. The van der Waals surface area contributed by atoms with Gasteiger partial charge in [0.15, 0.2) is 0 Å². The van der Waals surface area contributed by atoms with E-state index in [1.165, 1.54) is 6.92 Å². The van der Waals surface area contributed by atoms with Crippen LogP contribution in [-0.4, -0.2) is 35.0 Å². The first-order valence-corrected chi connectivity index (χ1v) is 9.97. The van der Waals surface area contributed by atoms with E-state index in [-0.39, 0.29) is 30.3 Å². The van der Waals surface area contributed by atoms with E-state index >= 15 is 0 Å². The molecule has 2 aliphatic rings. The molecule has 5 nitrogen and oxygen atoms in total. The molecule has 29 heavy (non-hydrogen) atoms. The Hall–Kier alpha value is -2.92. The summed E-state index contributed by atoms with van der Waals surface area (Å²) in [6.45, 7) is 7.49. The van der Waals surface area contributed by atoms with Gasteiger partial charge in [-0.3, -0.25) is 14.4 Å². The first-order chi connectivity index (χ1) is 13.7. The molecular formula is C24H26N2O3. The summed E-state index contributed by atoms with van der Waals surface area (Å²) in [4.78, 5) is 39.7. The van der Waals surface area contributed by atoms with Crippen LogP contribution >= 0.6 is 0 Å². The van der Waals surface area contributed by atoms with Gasteiger partial charge in [0.25, 0.3) is 0 Å². The van der Waals surface area contributed by atoms with Crippen LogP contribution in [0.15, 0.2) is 12.1 Å². The number of amides is 1. The largest absolute Gasteiger partial charge is 0.327 e. The number of Topliss-reactive ketones (excluding diaryl/α,β-unsaturated/α-hetero) is 2. The summed E-state index contributed by atoms with van der Waals surface area (Å²) >= 11 is 0. The van der Waals surface area contributed by atoms with Crippen molar-refractivity contribution in [2.45, 2.75) is 65.3 Å². The highest BCUT2D eigenvalue weighted by molar-refractivity contribution is 6.10. The molecule has 1 aliphatic heterocycles. The number of benzene rings is 1. The molecule has 150 valence electrons. The third kappa shape index (κ3) is 3.83. The average Bonchev–Trinajstić information content (AvgIpc) is 2.63. The summed E-state index contributed by atoms with van der Waals surface area (Å²) in [6, 6.07) is 5.47. The Morgan fingerprint density at radius 1 is 1.17 bits per heavy atom. The Balaban J connectivity index is 1.89. The molecule has 1 aliphatic carbocycles. The van der Waals surface area contributed by atoms with Gasteiger partial charge in [-0.05, 0) is 67.9 Å². The molecule has 1 spiro atoms. The fraction of sp³-hybridized carbons (Fsp3) is 0.500. The van der Waals surface area contributed by atoms with E-state index in [0.29, 0.717) is 19.4 Å². The highest BCUT2D eigenvalue weighted by atomic mass is 16.2. The standard InChI is InChI=1S/C24H26N2O3/c1-5-6-18-9-15(2)22(16(3)10-18)23-20(28)12-24(13-21(23)29)7-8-26(17(4)27)19(11-24)14-25/h9-10,19,23H,7-8,11-13H2,1-4H3. The molecule has 1 saturated carbocycles. The Bertz CT molecular complexity index is 949. The van der Waals surface area contributed by atoms with Crippen LogP contribution in [0.2, 0.25) is 0 Å². The van der Waals surface area contributed by atoms with E-state index in [2.05, 4.69) is 17.9 Å². The second-order valence-corrected chi connectivity index (χ2v) is 8.43. The SMILES string of the molecule is CC#Cc1cc(C)c(C2C(=O)CC3(CCN(C(C)=O)C(C#N)C3)CC2=O)c(C)c1. The molecule has 0 aromatic heterocycles. The molecule has 5 heteroatoms. The van der Waals surface area contributed by atoms with Crippen LogP contribution in [0.25, 0.3) is 0 Å². The number of carbonyl (C=O) groups excluding carboxylic acids is 3. The molecule has 1 saturated heterocycles. The second-order valence-electron chi connectivity index (χ2n) is 8.43. The van der Waals surface area contributed by atoms with Crippen molar-refractivity contribution >= 4 is 17.5 Å². The Kier molecular flexibility index (Phi) is 5.62. The van der Waals surface area contributed by atoms with Crippen LogP contribution in [0.5, 0.6) is 0 Å². The maximum absolute atomic E-state index is 13.2. The number of nitriles is 1. The first kappa shape index (κ1) is 20.8. The molecule has 0 N–H and O–H groups in total. The van der Waals surface area contributed by atoms with Crippen molar-refractivity contribution < 1.29 is 14.4 Å². The minimum absolute atomic E-state index is 0.0743. The molecule has 2 fully saturated rings. The Labute approximate surface area is 172 Å². The molecule has 0 bridgehead atoms. The lowest BCUT2D eigenvalue weighted by atomic mass is 9.61. The number of piperidine rings is 1. The van der Waals surface area contributed by atoms with Crippen LogP contribution in [-0.2, 0) is 14.4 Å². The third-order valence-corrected chi connectivity index (χ3v) is 6.33. The van der Waals surface area contributed by atoms with Gasteiger partial charge >= 0.3 is 0 Å². The lowest BCUT2D eigenvalue weighted by Crippen LogP contribution is -2.52. The molecular weight excluding hydrogens is 364 g/mol. The lowest BCUT2D eigenvalue weighted by Gasteiger charge is -2.46. The normalized spacial score (nSPS) is 26.7. The maximum Gasteiger partial charge on any atom is 0.220 e. The zero-order valence-electron chi connectivity index (χ0n) is 17.5.